The number of rotatable bonds is 9. The Hall–Kier alpha value is -2.94. The molecule has 9 nitrogen and oxygen atoms in total. The quantitative estimate of drug-likeness (QED) is 0.455. The van der Waals surface area contributed by atoms with Crippen LogP contribution in [0.5, 0.6) is 5.75 Å². The number of amides is 5. The maximum atomic E-state index is 12.4. The summed E-state index contributed by atoms with van der Waals surface area (Å²) in [6, 6.07) is 6.40. The van der Waals surface area contributed by atoms with Gasteiger partial charge in [0.15, 0.2) is 13.2 Å². The lowest BCUT2D eigenvalue weighted by Gasteiger charge is -2.22. The zero-order valence-electron chi connectivity index (χ0n) is 15.8. The molecule has 5 amide bonds. The van der Waals surface area contributed by atoms with E-state index in [1.807, 2.05) is 6.92 Å². The van der Waals surface area contributed by atoms with Crippen LogP contribution in [0.2, 0.25) is 0 Å². The van der Waals surface area contributed by atoms with Gasteiger partial charge in [-0.05, 0) is 25.5 Å². The van der Waals surface area contributed by atoms with Crippen LogP contribution >= 0.6 is 0 Å². The largest absolute Gasteiger partial charge is 0.495 e. The lowest BCUT2D eigenvalue weighted by molar-refractivity contribution is -0.899. The second-order valence-electron chi connectivity index (χ2n) is 6.15. The number of imide groups is 2. The number of carbonyl (C=O) groups excluding carboxylic acids is 4. The zero-order chi connectivity index (χ0) is 20.0. The van der Waals surface area contributed by atoms with E-state index >= 15 is 0 Å². The average molecular weight is 377 g/mol. The molecule has 0 aliphatic carbocycles. The molecule has 1 saturated heterocycles. The molecule has 0 bridgehead atoms. The maximum Gasteiger partial charge on any atom is 0.338 e. The van der Waals surface area contributed by atoms with Crippen LogP contribution in [0.1, 0.15) is 20.3 Å². The topological polar surface area (TPSA) is 100 Å². The molecule has 0 saturated carbocycles. The second kappa shape index (κ2) is 9.13. The van der Waals surface area contributed by atoms with Gasteiger partial charge in [0.2, 0.25) is 0 Å². The van der Waals surface area contributed by atoms with Crippen molar-refractivity contribution in [3.8, 4) is 5.75 Å². The first-order chi connectivity index (χ1) is 12.9. The number of nitrogens with one attached hydrogen (secondary N) is 2. The molecule has 2 rings (SSSR count). The van der Waals surface area contributed by atoms with Crippen molar-refractivity contribution in [2.24, 2.45) is 0 Å². The molecule has 1 aromatic rings. The van der Waals surface area contributed by atoms with Gasteiger partial charge in [-0.2, -0.15) is 0 Å². The summed E-state index contributed by atoms with van der Waals surface area (Å²) >= 11 is 0. The molecule has 2 N–H and O–H groups in total. The van der Waals surface area contributed by atoms with E-state index < -0.39 is 17.8 Å². The van der Waals surface area contributed by atoms with Crippen molar-refractivity contribution in [2.75, 3.05) is 38.7 Å². The normalized spacial score (nSPS) is 15.3. The first-order valence-corrected chi connectivity index (χ1v) is 8.86. The van der Waals surface area contributed by atoms with Crippen LogP contribution in [0.25, 0.3) is 0 Å². The van der Waals surface area contributed by atoms with Crippen LogP contribution < -0.4 is 15.0 Å². The SMILES string of the molecule is CCC[NH+](CC(=O)Nc1ccccc1OC)CN1C(=O)C(=O)N(CC)C1=O. The summed E-state index contributed by atoms with van der Waals surface area (Å²) in [5.41, 5.74) is 0.543. The Morgan fingerprint density at radius 3 is 2.37 bits per heavy atom. The number of urea groups is 1. The number of methoxy groups -OCH3 is 1. The predicted octanol–water partition coefficient (Wildman–Crippen LogP) is -0.303. The summed E-state index contributed by atoms with van der Waals surface area (Å²) in [6.45, 7) is 4.28. The molecule has 0 radical (unpaired) electrons. The Kier molecular flexibility index (Phi) is 6.89. The van der Waals surface area contributed by atoms with Gasteiger partial charge >= 0.3 is 17.8 Å². The van der Waals surface area contributed by atoms with Crippen LogP contribution in [0.4, 0.5) is 10.5 Å². The highest BCUT2D eigenvalue weighted by Gasteiger charge is 2.45. The van der Waals surface area contributed by atoms with Crippen molar-refractivity contribution in [1.29, 1.82) is 0 Å². The predicted molar refractivity (Wildman–Crippen MR) is 97.1 cm³/mol. The fourth-order valence-electron chi connectivity index (χ4n) is 2.94. The van der Waals surface area contributed by atoms with Crippen molar-refractivity contribution in [3.63, 3.8) is 0 Å². The van der Waals surface area contributed by atoms with E-state index in [0.717, 1.165) is 16.2 Å². The third-order valence-corrected chi connectivity index (χ3v) is 4.23. The number of hydrogen-bond donors (Lipinski definition) is 2. The molecular formula is C18H25N4O5+. The Morgan fingerprint density at radius 1 is 1.11 bits per heavy atom. The number of anilines is 1. The number of nitrogens with zero attached hydrogens (tertiary/aromatic N) is 2. The number of benzene rings is 1. The summed E-state index contributed by atoms with van der Waals surface area (Å²) in [5, 5.41) is 2.78. The summed E-state index contributed by atoms with van der Waals surface area (Å²) < 4.78 is 5.21. The summed E-state index contributed by atoms with van der Waals surface area (Å²) in [4.78, 5) is 51.1. The van der Waals surface area contributed by atoms with Gasteiger partial charge in [-0.3, -0.25) is 19.3 Å². The number of quaternary nitrogens is 1. The van der Waals surface area contributed by atoms with Crippen molar-refractivity contribution >= 4 is 29.4 Å². The molecule has 9 heteroatoms. The summed E-state index contributed by atoms with van der Waals surface area (Å²) in [6.07, 6.45) is 0.749. The fourth-order valence-corrected chi connectivity index (χ4v) is 2.94. The first kappa shape index (κ1) is 20.4. The standard InChI is InChI=1S/C18H24N4O5/c1-4-10-20(12-22-17(25)16(24)21(5-2)18(22)26)11-15(23)19-13-8-6-7-9-14(13)27-3/h6-9H,4-5,10-12H2,1-3H3,(H,19,23)/p+1. The number of para-hydroxylation sites is 2. The van der Waals surface area contributed by atoms with E-state index in [2.05, 4.69) is 5.32 Å². The van der Waals surface area contributed by atoms with Gasteiger partial charge in [0.05, 0.1) is 19.3 Å². The van der Waals surface area contributed by atoms with E-state index in [1.165, 1.54) is 7.11 Å². The fraction of sp³-hybridized carbons (Fsp3) is 0.444. The second-order valence-corrected chi connectivity index (χ2v) is 6.15. The molecule has 0 aromatic heterocycles. The molecule has 0 spiro atoms. The molecular weight excluding hydrogens is 352 g/mol. The Bertz CT molecular complexity index is 736. The van der Waals surface area contributed by atoms with Crippen molar-refractivity contribution < 1.29 is 28.8 Å². The molecule has 1 aliphatic rings. The van der Waals surface area contributed by atoms with Crippen molar-refractivity contribution in [2.45, 2.75) is 20.3 Å². The number of ether oxygens (including phenoxy) is 1. The van der Waals surface area contributed by atoms with E-state index in [0.29, 0.717) is 22.9 Å². The molecule has 1 aromatic carbocycles. The van der Waals surface area contributed by atoms with Crippen LogP contribution in [-0.2, 0) is 14.4 Å². The van der Waals surface area contributed by atoms with Crippen LogP contribution in [-0.4, -0.2) is 67.0 Å². The molecule has 146 valence electrons. The Labute approximate surface area is 157 Å². The highest BCUT2D eigenvalue weighted by molar-refractivity contribution is 6.44. The first-order valence-electron chi connectivity index (χ1n) is 8.86. The van der Waals surface area contributed by atoms with E-state index in [4.69, 9.17) is 4.74 Å². The monoisotopic (exact) mass is 377 g/mol. The van der Waals surface area contributed by atoms with Gasteiger partial charge in [-0.15, -0.1) is 0 Å². The van der Waals surface area contributed by atoms with Crippen molar-refractivity contribution in [1.82, 2.24) is 9.80 Å². The zero-order valence-corrected chi connectivity index (χ0v) is 15.8. The van der Waals surface area contributed by atoms with E-state index in [9.17, 15) is 19.2 Å². The van der Waals surface area contributed by atoms with Crippen LogP contribution in [0, 0.1) is 0 Å². The van der Waals surface area contributed by atoms with Crippen LogP contribution in [0.3, 0.4) is 0 Å². The van der Waals surface area contributed by atoms with Crippen molar-refractivity contribution in [3.05, 3.63) is 24.3 Å². The lowest BCUT2D eigenvalue weighted by Crippen LogP contribution is -3.14. The molecule has 1 unspecified atom stereocenters. The van der Waals surface area contributed by atoms with Gasteiger partial charge < -0.3 is 15.0 Å². The minimum absolute atomic E-state index is 0.0346. The smallest absolute Gasteiger partial charge is 0.338 e. The lowest BCUT2D eigenvalue weighted by atomic mass is 10.3. The number of likely N-dealkylation sites (N-methyl/N-ethyl adjacent to an activating group) is 1. The maximum absolute atomic E-state index is 12.4. The molecule has 27 heavy (non-hydrogen) atoms. The molecule has 1 atom stereocenters. The minimum atomic E-state index is -0.847. The molecule has 1 heterocycles. The Morgan fingerprint density at radius 2 is 1.78 bits per heavy atom. The number of hydrogen-bond acceptors (Lipinski definition) is 5. The third-order valence-electron chi connectivity index (χ3n) is 4.23. The highest BCUT2D eigenvalue weighted by atomic mass is 16.5. The van der Waals surface area contributed by atoms with Gasteiger partial charge in [0, 0.05) is 6.54 Å². The Balaban J connectivity index is 2.05. The van der Waals surface area contributed by atoms with Gasteiger partial charge in [0.25, 0.3) is 5.91 Å². The summed E-state index contributed by atoms with van der Waals surface area (Å²) in [5.74, 6) is -1.41. The van der Waals surface area contributed by atoms with Crippen LogP contribution in [0.15, 0.2) is 24.3 Å². The average Bonchev–Trinajstić information content (AvgIpc) is 2.85. The van der Waals surface area contributed by atoms with E-state index in [-0.39, 0.29) is 25.7 Å². The minimum Gasteiger partial charge on any atom is -0.495 e. The van der Waals surface area contributed by atoms with Gasteiger partial charge in [0.1, 0.15) is 5.75 Å². The van der Waals surface area contributed by atoms with Gasteiger partial charge in [-0.1, -0.05) is 19.1 Å². The summed E-state index contributed by atoms with van der Waals surface area (Å²) in [7, 11) is 1.51. The van der Waals surface area contributed by atoms with Gasteiger partial charge in [-0.25, -0.2) is 9.69 Å². The number of carbonyl (C=O) groups is 4. The van der Waals surface area contributed by atoms with E-state index in [1.54, 1.807) is 31.2 Å². The molecule has 1 aliphatic heterocycles. The third kappa shape index (κ3) is 4.62. The molecule has 1 fully saturated rings. The highest BCUT2D eigenvalue weighted by Crippen LogP contribution is 2.22.